The van der Waals surface area contributed by atoms with Gasteiger partial charge in [-0.2, -0.15) is 0 Å². The third-order valence-electron chi connectivity index (χ3n) is 8.90. The molecular weight excluding hydrogens is 699 g/mol. The number of aromatic nitrogens is 2. The number of nitrogens with zero attached hydrogens (tertiary/aromatic N) is 4. The lowest BCUT2D eigenvalue weighted by Crippen LogP contribution is -2.40. The highest BCUT2D eigenvalue weighted by atomic mass is 32.1. The molecule has 1 N–H and O–H groups in total. The van der Waals surface area contributed by atoms with Crippen LogP contribution >= 0.6 is 22.7 Å². The Morgan fingerprint density at radius 3 is 1.64 bits per heavy atom. The number of rotatable bonds is 17. The summed E-state index contributed by atoms with van der Waals surface area (Å²) in [5, 5.41) is 4.46. The second kappa shape index (κ2) is 18.3. The highest BCUT2D eigenvalue weighted by Gasteiger charge is 2.26. The van der Waals surface area contributed by atoms with Gasteiger partial charge in [0.2, 0.25) is 18.2 Å². The number of hydrogen-bond donors (Lipinski definition) is 1. The molecule has 0 unspecified atom stereocenters. The predicted octanol–water partition coefficient (Wildman–Crippen LogP) is 8.81. The molecule has 0 fully saturated rings. The number of hydrogen-bond acceptors (Lipinski definition) is 7. The first kappa shape index (κ1) is 37.3. The number of nitrogens with one attached hydrogen (secondary N) is 1. The molecule has 0 radical (unpaired) electrons. The van der Waals surface area contributed by atoms with Gasteiger partial charge in [-0.1, -0.05) is 123 Å². The van der Waals surface area contributed by atoms with Gasteiger partial charge in [0.25, 0.3) is 0 Å². The number of thiazole rings is 2. The van der Waals surface area contributed by atoms with Gasteiger partial charge < -0.3 is 15.1 Å². The Bertz CT molecular complexity index is 2080. The molecule has 1 atom stereocenters. The molecule has 0 saturated carbocycles. The van der Waals surface area contributed by atoms with Gasteiger partial charge in [-0.3, -0.25) is 14.4 Å². The van der Waals surface area contributed by atoms with Crippen molar-refractivity contribution in [2.45, 2.75) is 52.2 Å². The second-order valence-corrected chi connectivity index (χ2v) is 15.0. The van der Waals surface area contributed by atoms with E-state index >= 15 is 0 Å². The van der Waals surface area contributed by atoms with Gasteiger partial charge in [-0.25, -0.2) is 9.97 Å². The highest BCUT2D eigenvalue weighted by Crippen LogP contribution is 2.32. The minimum atomic E-state index is -0.746. The highest BCUT2D eigenvalue weighted by molar-refractivity contribution is 7.15. The summed E-state index contributed by atoms with van der Waals surface area (Å²) in [4.78, 5) is 53.2. The fourth-order valence-corrected chi connectivity index (χ4v) is 8.08. The SMILES string of the molecule is CCCN(Cc1ncc(-c2ccc(-c3ccc(-c4cnc(CN(CCC)C(=O)[C@@H](NC=O)c5ccccc5)s4)cc3)cc2)s1)C(=O)Cc1ccccc1. The zero-order valence-corrected chi connectivity index (χ0v) is 31.6. The summed E-state index contributed by atoms with van der Waals surface area (Å²) < 4.78 is 0. The molecule has 53 heavy (non-hydrogen) atoms. The Balaban J connectivity index is 1.08. The standard InChI is InChI=1S/C43H43N5O3S2/c1-3-23-47(41(50)25-31-11-7-5-8-12-31)28-39-44-26-37(52-39)34-19-15-32(16-20-34)33-17-21-35(22-18-33)38-27-45-40(53-38)29-48(24-4-2)43(51)42(46-30-49)36-13-9-6-10-14-36/h5-22,26-27,30,42H,3-4,23-25,28-29H2,1-2H3,(H,46,49)/t42-/m0/s1. The first-order valence-corrected chi connectivity index (χ1v) is 19.5. The van der Waals surface area contributed by atoms with Gasteiger partial charge in [0.05, 0.1) is 29.3 Å². The van der Waals surface area contributed by atoms with Gasteiger partial charge in [0.1, 0.15) is 16.1 Å². The lowest BCUT2D eigenvalue weighted by molar-refractivity contribution is -0.135. The van der Waals surface area contributed by atoms with Crippen LogP contribution in [0, 0.1) is 0 Å². The zero-order valence-electron chi connectivity index (χ0n) is 30.0. The van der Waals surface area contributed by atoms with Gasteiger partial charge in [-0.15, -0.1) is 22.7 Å². The van der Waals surface area contributed by atoms with Crippen molar-refractivity contribution < 1.29 is 14.4 Å². The van der Waals surface area contributed by atoms with Gasteiger partial charge in [-0.05, 0) is 46.2 Å². The molecule has 3 amide bonds. The molecule has 6 aromatic rings. The summed E-state index contributed by atoms with van der Waals surface area (Å²) in [7, 11) is 0. The summed E-state index contributed by atoms with van der Waals surface area (Å²) in [5.74, 6) is -0.0360. The van der Waals surface area contributed by atoms with E-state index in [1.165, 1.54) is 0 Å². The van der Waals surface area contributed by atoms with E-state index in [1.807, 2.05) is 84.9 Å². The van der Waals surface area contributed by atoms with Crippen molar-refractivity contribution in [1.29, 1.82) is 0 Å². The maximum Gasteiger partial charge on any atom is 0.250 e. The lowest BCUT2D eigenvalue weighted by atomic mass is 10.0. The largest absolute Gasteiger partial charge is 0.343 e. The molecule has 270 valence electrons. The van der Waals surface area contributed by atoms with E-state index in [-0.39, 0.29) is 11.8 Å². The summed E-state index contributed by atoms with van der Waals surface area (Å²) >= 11 is 3.20. The lowest BCUT2D eigenvalue weighted by Gasteiger charge is -2.26. The predicted molar refractivity (Wildman–Crippen MR) is 214 cm³/mol. The molecule has 4 aromatic carbocycles. The third kappa shape index (κ3) is 9.71. The monoisotopic (exact) mass is 741 g/mol. The normalized spacial score (nSPS) is 11.5. The quantitative estimate of drug-likeness (QED) is 0.0944. The van der Waals surface area contributed by atoms with Gasteiger partial charge >= 0.3 is 0 Å². The molecule has 2 aromatic heterocycles. The molecule has 0 aliphatic carbocycles. The Kier molecular flexibility index (Phi) is 12.9. The van der Waals surface area contributed by atoms with Crippen LogP contribution in [0.2, 0.25) is 0 Å². The van der Waals surface area contributed by atoms with Crippen molar-refractivity contribution in [2.75, 3.05) is 13.1 Å². The maximum absolute atomic E-state index is 13.6. The number of carbonyl (C=O) groups excluding carboxylic acids is 3. The summed E-state index contributed by atoms with van der Waals surface area (Å²) in [6, 6.07) is 35.4. The minimum Gasteiger partial charge on any atom is -0.343 e. The van der Waals surface area contributed by atoms with Crippen LogP contribution in [0.15, 0.2) is 122 Å². The van der Waals surface area contributed by atoms with Gasteiger partial charge in [0.15, 0.2) is 0 Å². The summed E-state index contributed by atoms with van der Waals surface area (Å²) in [6.45, 7) is 6.27. The molecule has 10 heteroatoms. The molecule has 0 saturated heterocycles. The molecule has 0 bridgehead atoms. The molecule has 6 rings (SSSR count). The Labute approximate surface area is 319 Å². The van der Waals surface area contributed by atoms with Crippen LogP contribution < -0.4 is 5.32 Å². The molecule has 0 aliphatic heterocycles. The van der Waals surface area contributed by atoms with Crippen LogP contribution in [0.4, 0.5) is 0 Å². The van der Waals surface area contributed by atoms with Crippen molar-refractivity contribution in [3.8, 4) is 32.0 Å². The summed E-state index contributed by atoms with van der Waals surface area (Å²) in [5.41, 5.74) is 6.14. The molecule has 0 spiro atoms. The number of benzene rings is 4. The van der Waals surface area contributed by atoms with Crippen molar-refractivity contribution >= 4 is 40.9 Å². The van der Waals surface area contributed by atoms with E-state index in [9.17, 15) is 14.4 Å². The van der Waals surface area contributed by atoms with E-state index in [0.29, 0.717) is 39.0 Å². The van der Waals surface area contributed by atoms with E-state index in [2.05, 4.69) is 70.7 Å². The average molecular weight is 742 g/mol. The zero-order chi connectivity index (χ0) is 37.0. The van der Waals surface area contributed by atoms with Crippen LogP contribution in [0.3, 0.4) is 0 Å². The van der Waals surface area contributed by atoms with Crippen LogP contribution in [-0.4, -0.2) is 51.1 Å². The van der Waals surface area contributed by atoms with Crippen LogP contribution in [0.5, 0.6) is 0 Å². The fourth-order valence-electron chi connectivity index (χ4n) is 6.20. The van der Waals surface area contributed by atoms with Gasteiger partial charge in [0, 0.05) is 25.5 Å². The molecule has 0 aliphatic rings. The van der Waals surface area contributed by atoms with Crippen molar-refractivity contribution in [2.24, 2.45) is 0 Å². The van der Waals surface area contributed by atoms with Crippen molar-refractivity contribution in [3.63, 3.8) is 0 Å². The smallest absolute Gasteiger partial charge is 0.250 e. The van der Waals surface area contributed by atoms with E-state index in [0.717, 1.165) is 66.0 Å². The minimum absolute atomic E-state index is 0.119. The number of amides is 3. The second-order valence-electron chi connectivity index (χ2n) is 12.8. The third-order valence-corrected chi connectivity index (χ3v) is 11.0. The van der Waals surface area contributed by atoms with Crippen LogP contribution in [-0.2, 0) is 33.9 Å². The van der Waals surface area contributed by atoms with Crippen molar-refractivity contribution in [3.05, 3.63) is 143 Å². The average Bonchev–Trinajstić information content (AvgIpc) is 3.87. The number of carbonyl (C=O) groups is 3. The van der Waals surface area contributed by atoms with Crippen LogP contribution in [0.25, 0.3) is 32.0 Å². The van der Waals surface area contributed by atoms with E-state index < -0.39 is 6.04 Å². The molecule has 2 heterocycles. The summed E-state index contributed by atoms with van der Waals surface area (Å²) in [6.07, 6.45) is 6.42. The Morgan fingerprint density at radius 1 is 0.660 bits per heavy atom. The molecule has 8 nitrogen and oxygen atoms in total. The van der Waals surface area contributed by atoms with E-state index in [1.54, 1.807) is 27.6 Å². The first-order valence-electron chi connectivity index (χ1n) is 17.9. The maximum atomic E-state index is 13.6. The Hall–Kier alpha value is -5.45. The Morgan fingerprint density at radius 2 is 1.13 bits per heavy atom. The fraction of sp³-hybridized carbons (Fsp3) is 0.233. The molecular formula is C43H43N5O3S2. The van der Waals surface area contributed by atoms with E-state index in [4.69, 9.17) is 0 Å². The topological polar surface area (TPSA) is 95.5 Å². The van der Waals surface area contributed by atoms with Crippen LogP contribution in [0.1, 0.15) is 53.9 Å². The van der Waals surface area contributed by atoms with Crippen molar-refractivity contribution in [1.82, 2.24) is 25.1 Å². The first-order chi connectivity index (χ1) is 25.9.